The normalized spacial score (nSPS) is 21.6. The molecule has 19 heavy (non-hydrogen) atoms. The molecule has 0 bridgehead atoms. The van der Waals surface area contributed by atoms with Crippen molar-refractivity contribution in [1.29, 1.82) is 0 Å². The molecule has 1 saturated heterocycles. The molecule has 1 aromatic heterocycles. The zero-order valence-electron chi connectivity index (χ0n) is 12.1. The molecule has 4 nitrogen and oxygen atoms in total. The minimum atomic E-state index is 0.325. The summed E-state index contributed by atoms with van der Waals surface area (Å²) in [6, 6.07) is 0.359. The van der Waals surface area contributed by atoms with Gasteiger partial charge in [0.15, 0.2) is 0 Å². The Morgan fingerprint density at radius 2 is 2.32 bits per heavy atom. The molecule has 1 aliphatic heterocycles. The van der Waals surface area contributed by atoms with Gasteiger partial charge in [0.2, 0.25) is 0 Å². The predicted molar refractivity (Wildman–Crippen MR) is 80.5 cm³/mol. The lowest BCUT2D eigenvalue weighted by atomic mass is 9.98. The Morgan fingerprint density at radius 1 is 1.53 bits per heavy atom. The van der Waals surface area contributed by atoms with Gasteiger partial charge in [0.25, 0.3) is 0 Å². The highest BCUT2D eigenvalue weighted by Gasteiger charge is 2.26. The molecular formula is C14H24BrN3O. The van der Waals surface area contributed by atoms with Crippen molar-refractivity contribution in [2.24, 2.45) is 0 Å². The second-order valence-corrected chi connectivity index (χ2v) is 5.96. The topological polar surface area (TPSA) is 39.1 Å². The number of aryl methyl sites for hydroxylation is 2. The Labute approximate surface area is 124 Å². The molecule has 2 unspecified atom stereocenters. The van der Waals surface area contributed by atoms with Crippen LogP contribution >= 0.6 is 15.9 Å². The van der Waals surface area contributed by atoms with E-state index in [1.165, 1.54) is 18.5 Å². The molecule has 2 atom stereocenters. The molecule has 1 aromatic rings. The van der Waals surface area contributed by atoms with E-state index in [1.54, 1.807) is 0 Å². The number of nitrogens with one attached hydrogen (secondary N) is 1. The molecule has 108 valence electrons. The first-order valence-corrected chi connectivity index (χ1v) is 7.97. The van der Waals surface area contributed by atoms with Crippen molar-refractivity contribution in [2.45, 2.75) is 58.2 Å². The smallest absolute Gasteiger partial charge is 0.0738 e. The van der Waals surface area contributed by atoms with Crippen molar-refractivity contribution in [2.75, 3.05) is 13.7 Å². The van der Waals surface area contributed by atoms with Crippen LogP contribution in [0.25, 0.3) is 0 Å². The summed E-state index contributed by atoms with van der Waals surface area (Å²) >= 11 is 3.67. The van der Waals surface area contributed by atoms with Crippen LogP contribution in [0.1, 0.15) is 37.6 Å². The first kappa shape index (κ1) is 15.0. The summed E-state index contributed by atoms with van der Waals surface area (Å²) in [5, 5.41) is 7.98. The Kier molecular flexibility index (Phi) is 5.42. The van der Waals surface area contributed by atoms with Gasteiger partial charge in [0, 0.05) is 25.6 Å². The number of likely N-dealkylation sites (N-methyl/N-ethyl adjacent to an activating group) is 1. The standard InChI is InChI=1S/C14H24BrN3O/c1-4-18-12(14(15)10(2)17-18)9-11(16-3)13-7-5-6-8-19-13/h11,13,16H,4-9H2,1-3H3. The van der Waals surface area contributed by atoms with Crippen LogP contribution in [0.4, 0.5) is 0 Å². The van der Waals surface area contributed by atoms with Gasteiger partial charge in [-0.15, -0.1) is 0 Å². The molecule has 1 aliphatic rings. The van der Waals surface area contributed by atoms with Gasteiger partial charge >= 0.3 is 0 Å². The van der Waals surface area contributed by atoms with Crippen molar-refractivity contribution >= 4 is 15.9 Å². The summed E-state index contributed by atoms with van der Waals surface area (Å²) in [4.78, 5) is 0. The Morgan fingerprint density at radius 3 is 2.89 bits per heavy atom. The van der Waals surface area contributed by atoms with Gasteiger partial charge in [-0.05, 0) is 56.1 Å². The van der Waals surface area contributed by atoms with Crippen LogP contribution in [0.2, 0.25) is 0 Å². The molecule has 1 N–H and O–H groups in total. The molecule has 0 spiro atoms. The van der Waals surface area contributed by atoms with Crippen LogP contribution in [0.5, 0.6) is 0 Å². The molecule has 2 heterocycles. The van der Waals surface area contributed by atoms with Crippen molar-refractivity contribution < 1.29 is 4.74 Å². The molecule has 5 heteroatoms. The van der Waals surface area contributed by atoms with Gasteiger partial charge in [0.1, 0.15) is 0 Å². The summed E-state index contributed by atoms with van der Waals surface area (Å²) in [6.45, 7) is 5.99. The molecule has 0 saturated carbocycles. The van der Waals surface area contributed by atoms with E-state index < -0.39 is 0 Å². The third-order valence-electron chi connectivity index (χ3n) is 3.90. The minimum absolute atomic E-state index is 0.325. The minimum Gasteiger partial charge on any atom is -0.377 e. The van der Waals surface area contributed by atoms with E-state index in [9.17, 15) is 0 Å². The van der Waals surface area contributed by atoms with E-state index in [2.05, 4.69) is 38.0 Å². The van der Waals surface area contributed by atoms with Crippen molar-refractivity contribution in [1.82, 2.24) is 15.1 Å². The van der Waals surface area contributed by atoms with Crippen LogP contribution in [0.3, 0.4) is 0 Å². The maximum Gasteiger partial charge on any atom is 0.0738 e. The third kappa shape index (κ3) is 3.38. The molecular weight excluding hydrogens is 306 g/mol. The Bertz CT molecular complexity index is 413. The number of aromatic nitrogens is 2. The SMILES string of the molecule is CCn1nc(C)c(Br)c1CC(NC)C1CCCCO1. The number of halogens is 1. The summed E-state index contributed by atoms with van der Waals surface area (Å²) in [7, 11) is 2.02. The first-order valence-electron chi connectivity index (χ1n) is 7.18. The highest BCUT2D eigenvalue weighted by atomic mass is 79.9. The van der Waals surface area contributed by atoms with Gasteiger partial charge in [-0.3, -0.25) is 4.68 Å². The fourth-order valence-corrected chi connectivity index (χ4v) is 3.22. The van der Waals surface area contributed by atoms with Crippen LogP contribution in [-0.4, -0.2) is 35.6 Å². The van der Waals surface area contributed by atoms with Crippen molar-refractivity contribution in [3.8, 4) is 0 Å². The van der Waals surface area contributed by atoms with Crippen molar-refractivity contribution in [3.63, 3.8) is 0 Å². The molecule has 0 radical (unpaired) electrons. The molecule has 0 aromatic carbocycles. The van der Waals surface area contributed by atoms with Crippen LogP contribution < -0.4 is 5.32 Å². The number of rotatable bonds is 5. The number of hydrogen-bond acceptors (Lipinski definition) is 3. The number of hydrogen-bond donors (Lipinski definition) is 1. The Balaban J connectivity index is 2.13. The van der Waals surface area contributed by atoms with Gasteiger partial charge in [-0.25, -0.2) is 0 Å². The third-order valence-corrected chi connectivity index (χ3v) is 4.93. The predicted octanol–water partition coefficient (Wildman–Crippen LogP) is 2.67. The summed E-state index contributed by atoms with van der Waals surface area (Å²) in [6.07, 6.45) is 4.91. The van der Waals surface area contributed by atoms with Gasteiger partial charge in [-0.2, -0.15) is 5.10 Å². The van der Waals surface area contributed by atoms with E-state index in [-0.39, 0.29) is 0 Å². The lowest BCUT2D eigenvalue weighted by Gasteiger charge is -2.30. The fourth-order valence-electron chi connectivity index (χ4n) is 2.77. The summed E-state index contributed by atoms with van der Waals surface area (Å²) < 4.78 is 9.15. The average molecular weight is 330 g/mol. The largest absolute Gasteiger partial charge is 0.377 e. The van der Waals surface area contributed by atoms with Crippen LogP contribution in [0, 0.1) is 6.92 Å². The van der Waals surface area contributed by atoms with E-state index in [0.29, 0.717) is 12.1 Å². The first-order chi connectivity index (χ1) is 9.17. The molecule has 1 fully saturated rings. The lowest BCUT2D eigenvalue weighted by molar-refractivity contribution is -0.00627. The van der Waals surface area contributed by atoms with Gasteiger partial charge in [0.05, 0.1) is 22.0 Å². The monoisotopic (exact) mass is 329 g/mol. The van der Waals surface area contributed by atoms with Crippen LogP contribution in [-0.2, 0) is 17.7 Å². The second-order valence-electron chi connectivity index (χ2n) is 5.17. The van der Waals surface area contributed by atoms with E-state index in [4.69, 9.17) is 4.74 Å². The summed E-state index contributed by atoms with van der Waals surface area (Å²) in [5.74, 6) is 0. The zero-order chi connectivity index (χ0) is 13.8. The second kappa shape index (κ2) is 6.86. The lowest BCUT2D eigenvalue weighted by Crippen LogP contribution is -2.43. The van der Waals surface area contributed by atoms with Gasteiger partial charge in [-0.1, -0.05) is 0 Å². The molecule has 2 rings (SSSR count). The van der Waals surface area contributed by atoms with E-state index in [0.717, 1.165) is 36.2 Å². The maximum absolute atomic E-state index is 5.92. The molecule has 0 amide bonds. The van der Waals surface area contributed by atoms with Crippen molar-refractivity contribution in [3.05, 3.63) is 15.9 Å². The molecule has 0 aliphatic carbocycles. The number of ether oxygens (including phenoxy) is 1. The van der Waals surface area contributed by atoms with E-state index in [1.807, 2.05) is 14.0 Å². The maximum atomic E-state index is 5.92. The highest BCUT2D eigenvalue weighted by molar-refractivity contribution is 9.10. The highest BCUT2D eigenvalue weighted by Crippen LogP contribution is 2.25. The Hall–Kier alpha value is -0.390. The van der Waals surface area contributed by atoms with E-state index >= 15 is 0 Å². The quantitative estimate of drug-likeness (QED) is 0.902. The van der Waals surface area contributed by atoms with Crippen LogP contribution in [0.15, 0.2) is 4.47 Å². The van der Waals surface area contributed by atoms with Gasteiger partial charge < -0.3 is 10.1 Å². The number of nitrogens with zero attached hydrogens (tertiary/aromatic N) is 2. The fraction of sp³-hybridized carbons (Fsp3) is 0.786. The summed E-state index contributed by atoms with van der Waals surface area (Å²) in [5.41, 5.74) is 2.34. The zero-order valence-corrected chi connectivity index (χ0v) is 13.7. The average Bonchev–Trinajstić information content (AvgIpc) is 2.72.